The molecule has 0 bridgehead atoms. The second-order valence-electron chi connectivity index (χ2n) is 9.39. The number of amides is 4. The third-order valence-electron chi connectivity index (χ3n) is 7.57. The van der Waals surface area contributed by atoms with E-state index in [9.17, 15) is 28.8 Å². The van der Waals surface area contributed by atoms with Crippen molar-refractivity contribution in [2.24, 2.45) is 17.6 Å². The van der Waals surface area contributed by atoms with Crippen molar-refractivity contribution in [1.82, 2.24) is 5.32 Å². The summed E-state index contributed by atoms with van der Waals surface area (Å²) in [6, 6.07) is 5.00. The predicted octanol–water partition coefficient (Wildman–Crippen LogP) is 1.44. The number of primary amides is 1. The van der Waals surface area contributed by atoms with E-state index >= 15 is 0 Å². The van der Waals surface area contributed by atoms with Crippen molar-refractivity contribution in [2.75, 3.05) is 10.2 Å². The molecule has 1 aliphatic carbocycles. The third kappa shape index (κ3) is 2.81. The van der Waals surface area contributed by atoms with Gasteiger partial charge in [-0.2, -0.15) is 5.26 Å². The largest absolute Gasteiger partial charge is 0.370 e. The summed E-state index contributed by atoms with van der Waals surface area (Å²) in [4.78, 5) is 55.0. The van der Waals surface area contributed by atoms with E-state index in [4.69, 9.17) is 5.73 Å². The van der Waals surface area contributed by atoms with Gasteiger partial charge in [-0.05, 0) is 49.4 Å². The second-order valence-corrected chi connectivity index (χ2v) is 10.5. The van der Waals surface area contributed by atoms with Crippen molar-refractivity contribution >= 4 is 45.7 Å². The molecule has 11 heteroatoms. The van der Waals surface area contributed by atoms with Crippen LogP contribution in [0.3, 0.4) is 0 Å². The maximum absolute atomic E-state index is 14.3. The number of imide groups is 1. The highest BCUT2D eigenvalue weighted by Crippen LogP contribution is 2.55. The lowest BCUT2D eigenvalue weighted by atomic mass is 9.76. The van der Waals surface area contributed by atoms with E-state index < -0.39 is 52.9 Å². The Labute approximate surface area is 203 Å². The molecule has 0 saturated carbocycles. The highest BCUT2D eigenvalue weighted by atomic mass is 32.1. The van der Waals surface area contributed by atoms with Crippen LogP contribution in [0.4, 0.5) is 15.1 Å². The standard InChI is InChI=1S/C24H20FN5O4S/c25-10-5-6-14-13(7-10)24(23(34)28-14)19-18(15(29-24)8-17(27)31)20(32)30(21(19)33)22-12(9-26)11-3-1-2-4-16(11)35-22/h5-7,15,18-19,29H,1-4,8H2,(H2,27,31)(H,28,34). The summed E-state index contributed by atoms with van der Waals surface area (Å²) < 4.78 is 14.3. The van der Waals surface area contributed by atoms with Gasteiger partial charge in [-0.3, -0.25) is 24.5 Å². The zero-order valence-electron chi connectivity index (χ0n) is 18.4. The van der Waals surface area contributed by atoms with Gasteiger partial charge in [-0.25, -0.2) is 9.29 Å². The van der Waals surface area contributed by atoms with Gasteiger partial charge in [0.1, 0.15) is 22.4 Å². The normalized spacial score (nSPS) is 28.6. The van der Waals surface area contributed by atoms with E-state index in [1.165, 1.54) is 23.5 Å². The number of halogens is 1. The fraction of sp³-hybridized carbons (Fsp3) is 0.375. The molecule has 2 fully saturated rings. The topological polar surface area (TPSA) is 145 Å². The number of fused-ring (bicyclic) bond motifs is 5. The van der Waals surface area contributed by atoms with Crippen molar-refractivity contribution in [3.63, 3.8) is 0 Å². The van der Waals surface area contributed by atoms with E-state index in [0.29, 0.717) is 17.7 Å². The van der Waals surface area contributed by atoms with Gasteiger partial charge in [-0.15, -0.1) is 11.3 Å². The molecule has 178 valence electrons. The number of nitrogens with one attached hydrogen (secondary N) is 2. The molecule has 4 atom stereocenters. The second kappa shape index (κ2) is 7.44. The Morgan fingerprint density at radius 2 is 2.03 bits per heavy atom. The first-order chi connectivity index (χ1) is 16.8. The number of nitrogens with two attached hydrogens (primary N) is 1. The zero-order valence-corrected chi connectivity index (χ0v) is 19.2. The maximum atomic E-state index is 14.3. The lowest BCUT2D eigenvalue weighted by Gasteiger charge is -2.29. The Balaban J connectivity index is 1.53. The molecule has 2 aromatic rings. The zero-order chi connectivity index (χ0) is 24.6. The molecule has 0 radical (unpaired) electrons. The van der Waals surface area contributed by atoms with Crippen LogP contribution in [0.25, 0.3) is 0 Å². The van der Waals surface area contributed by atoms with E-state index in [1.54, 1.807) is 0 Å². The summed E-state index contributed by atoms with van der Waals surface area (Å²) in [6.07, 6.45) is 3.05. The number of nitrogens with zero attached hydrogens (tertiary/aromatic N) is 2. The summed E-state index contributed by atoms with van der Waals surface area (Å²) in [6.45, 7) is 0. The quantitative estimate of drug-likeness (QED) is 0.552. The molecule has 1 spiro atoms. The van der Waals surface area contributed by atoms with Crippen LogP contribution in [-0.4, -0.2) is 29.7 Å². The minimum atomic E-state index is -1.74. The molecule has 4 unspecified atom stereocenters. The van der Waals surface area contributed by atoms with Gasteiger partial charge in [0, 0.05) is 28.6 Å². The number of benzene rings is 1. The van der Waals surface area contributed by atoms with Gasteiger partial charge >= 0.3 is 0 Å². The Hall–Kier alpha value is -3.62. The van der Waals surface area contributed by atoms with Crippen LogP contribution in [0, 0.1) is 29.0 Å². The van der Waals surface area contributed by atoms with Crippen LogP contribution in [-0.2, 0) is 37.6 Å². The number of aryl methyl sites for hydroxylation is 1. The fourth-order valence-electron chi connectivity index (χ4n) is 6.19. The lowest BCUT2D eigenvalue weighted by molar-refractivity contribution is -0.130. The first-order valence-corrected chi connectivity index (χ1v) is 12.2. The van der Waals surface area contributed by atoms with Gasteiger partial charge in [0.25, 0.3) is 0 Å². The molecular formula is C24H20FN5O4S. The van der Waals surface area contributed by atoms with Crippen molar-refractivity contribution in [3.05, 3.63) is 45.6 Å². The van der Waals surface area contributed by atoms with Crippen molar-refractivity contribution in [2.45, 2.75) is 43.7 Å². The predicted molar refractivity (Wildman–Crippen MR) is 123 cm³/mol. The number of nitriles is 1. The van der Waals surface area contributed by atoms with Gasteiger partial charge < -0.3 is 11.1 Å². The average Bonchev–Trinajstić information content (AvgIpc) is 3.50. The number of carbonyl (C=O) groups excluding carboxylic acids is 4. The van der Waals surface area contributed by atoms with Gasteiger partial charge in [0.2, 0.25) is 23.6 Å². The van der Waals surface area contributed by atoms with Crippen LogP contribution in [0.15, 0.2) is 18.2 Å². The van der Waals surface area contributed by atoms with Crippen LogP contribution >= 0.6 is 11.3 Å². The molecule has 4 amide bonds. The highest BCUT2D eigenvalue weighted by molar-refractivity contribution is 7.17. The fourth-order valence-corrected chi connectivity index (χ4v) is 7.54. The van der Waals surface area contributed by atoms with E-state index in [0.717, 1.165) is 40.7 Å². The van der Waals surface area contributed by atoms with Gasteiger partial charge in [0.15, 0.2) is 0 Å². The van der Waals surface area contributed by atoms with Crippen LogP contribution in [0.1, 0.15) is 40.8 Å². The Kier molecular flexibility index (Phi) is 4.65. The van der Waals surface area contributed by atoms with E-state index in [-0.39, 0.29) is 17.0 Å². The number of hydrogen-bond donors (Lipinski definition) is 3. The summed E-state index contributed by atoms with van der Waals surface area (Å²) in [5, 5.41) is 15.9. The Bertz CT molecular complexity index is 1400. The molecule has 2 saturated heterocycles. The number of carbonyl (C=O) groups is 4. The number of hydrogen-bond acceptors (Lipinski definition) is 7. The Morgan fingerprint density at radius 1 is 1.26 bits per heavy atom. The van der Waals surface area contributed by atoms with Crippen LogP contribution in [0.5, 0.6) is 0 Å². The summed E-state index contributed by atoms with van der Waals surface area (Å²) in [7, 11) is 0. The summed E-state index contributed by atoms with van der Waals surface area (Å²) in [5.74, 6) is -5.48. The van der Waals surface area contributed by atoms with E-state index in [2.05, 4.69) is 16.7 Å². The molecule has 3 aliphatic heterocycles. The average molecular weight is 494 g/mol. The minimum Gasteiger partial charge on any atom is -0.370 e. The SMILES string of the molecule is N#Cc1c(N2C(=O)C3C(CC(N)=O)NC4(C(=O)Nc5ccc(F)cc54)C3C2=O)sc2c1CCCC2. The van der Waals surface area contributed by atoms with Gasteiger partial charge in [0.05, 0.1) is 17.4 Å². The lowest BCUT2D eigenvalue weighted by Crippen LogP contribution is -2.53. The smallest absolute Gasteiger partial charge is 0.250 e. The summed E-state index contributed by atoms with van der Waals surface area (Å²) >= 11 is 1.25. The molecule has 6 rings (SSSR count). The molecule has 1 aromatic carbocycles. The van der Waals surface area contributed by atoms with Crippen molar-refractivity contribution in [3.8, 4) is 6.07 Å². The van der Waals surface area contributed by atoms with Crippen LogP contribution in [0.2, 0.25) is 0 Å². The maximum Gasteiger partial charge on any atom is 0.250 e. The summed E-state index contributed by atoms with van der Waals surface area (Å²) in [5.41, 5.74) is 5.40. The first-order valence-electron chi connectivity index (χ1n) is 11.4. The van der Waals surface area contributed by atoms with Gasteiger partial charge in [-0.1, -0.05) is 0 Å². The monoisotopic (exact) mass is 493 g/mol. The molecular weight excluding hydrogens is 473 g/mol. The van der Waals surface area contributed by atoms with E-state index in [1.807, 2.05) is 0 Å². The first kappa shape index (κ1) is 21.9. The molecule has 1 aromatic heterocycles. The molecule has 9 nitrogen and oxygen atoms in total. The van der Waals surface area contributed by atoms with Crippen molar-refractivity contribution in [1.29, 1.82) is 5.26 Å². The molecule has 4 heterocycles. The number of rotatable bonds is 3. The third-order valence-corrected chi connectivity index (χ3v) is 8.84. The molecule has 35 heavy (non-hydrogen) atoms. The van der Waals surface area contributed by atoms with Crippen molar-refractivity contribution < 1.29 is 23.6 Å². The molecule has 4 N–H and O–H groups in total. The highest BCUT2D eigenvalue weighted by Gasteiger charge is 2.71. The number of thiophene rings is 1. The Morgan fingerprint density at radius 3 is 2.77 bits per heavy atom. The minimum absolute atomic E-state index is 0.207. The molecule has 4 aliphatic rings. The van der Waals surface area contributed by atoms with Crippen LogP contribution < -0.4 is 21.3 Å². The number of anilines is 2.